The van der Waals surface area contributed by atoms with Crippen molar-refractivity contribution in [2.45, 2.75) is 25.8 Å². The van der Waals surface area contributed by atoms with E-state index in [4.69, 9.17) is 10.8 Å². The van der Waals surface area contributed by atoms with Crippen molar-refractivity contribution in [2.75, 3.05) is 0 Å². The predicted octanol–water partition coefficient (Wildman–Crippen LogP) is 1.66. The number of nitrogens with two attached hydrogens (primary N) is 1. The summed E-state index contributed by atoms with van der Waals surface area (Å²) in [5.41, 5.74) is 6.74. The van der Waals surface area contributed by atoms with Crippen LogP contribution in [0, 0.1) is 5.92 Å². The van der Waals surface area contributed by atoms with Crippen molar-refractivity contribution in [3.8, 4) is 0 Å². The molecule has 0 fully saturated rings. The second-order valence-electron chi connectivity index (χ2n) is 4.21. The molecule has 100 valence electrons. The molecule has 3 N–H and O–H groups in total. The zero-order valence-electron chi connectivity index (χ0n) is 10.2. The first kappa shape index (κ1) is 16.6. The van der Waals surface area contributed by atoms with E-state index in [2.05, 4.69) is 0 Å². The van der Waals surface area contributed by atoms with E-state index in [1.165, 1.54) is 6.92 Å². The molecule has 2 atom stereocenters. The molecule has 0 aliphatic rings. The number of hydrogen-bond donors (Lipinski definition) is 2. The van der Waals surface area contributed by atoms with Crippen LogP contribution in [0.15, 0.2) is 30.3 Å². The van der Waals surface area contributed by atoms with Crippen molar-refractivity contribution < 1.29 is 14.7 Å². The van der Waals surface area contributed by atoms with E-state index in [1.807, 2.05) is 30.3 Å². The topological polar surface area (TPSA) is 80.4 Å². The Labute approximate surface area is 113 Å². The van der Waals surface area contributed by atoms with E-state index < -0.39 is 17.9 Å². The van der Waals surface area contributed by atoms with Gasteiger partial charge >= 0.3 is 5.97 Å². The quantitative estimate of drug-likeness (QED) is 0.825. The fourth-order valence-corrected chi connectivity index (χ4v) is 1.52. The highest BCUT2D eigenvalue weighted by Crippen LogP contribution is 2.08. The molecule has 4 nitrogen and oxygen atoms in total. The van der Waals surface area contributed by atoms with Gasteiger partial charge in [-0.15, -0.1) is 12.4 Å². The average Bonchev–Trinajstić information content (AvgIpc) is 2.29. The number of carbonyl (C=O) groups is 2. The maximum Gasteiger partial charge on any atom is 0.306 e. The SMILES string of the molecule is C[C@H](CC(=O)[C@@H](N)Cc1ccccc1)C(=O)O.Cl. The largest absolute Gasteiger partial charge is 0.481 e. The molecule has 0 saturated heterocycles. The molecule has 1 aromatic carbocycles. The number of carboxylic acids is 1. The Morgan fingerprint density at radius 1 is 1.28 bits per heavy atom. The lowest BCUT2D eigenvalue weighted by Gasteiger charge is -2.12. The third-order valence-electron chi connectivity index (χ3n) is 2.64. The fraction of sp³-hybridized carbons (Fsp3) is 0.385. The van der Waals surface area contributed by atoms with Crippen molar-refractivity contribution in [1.82, 2.24) is 0 Å². The van der Waals surface area contributed by atoms with Crippen LogP contribution < -0.4 is 5.73 Å². The third-order valence-corrected chi connectivity index (χ3v) is 2.64. The van der Waals surface area contributed by atoms with Gasteiger partial charge in [-0.25, -0.2) is 0 Å². The van der Waals surface area contributed by atoms with Gasteiger partial charge in [-0.1, -0.05) is 37.3 Å². The Kier molecular flexibility index (Phi) is 7.24. The second kappa shape index (κ2) is 7.84. The Bertz CT molecular complexity index is 394. The van der Waals surface area contributed by atoms with Crippen molar-refractivity contribution in [3.05, 3.63) is 35.9 Å². The molecule has 0 spiro atoms. The zero-order chi connectivity index (χ0) is 12.8. The minimum absolute atomic E-state index is 0. The van der Waals surface area contributed by atoms with Gasteiger partial charge in [0.25, 0.3) is 0 Å². The molecule has 0 radical (unpaired) electrons. The maximum absolute atomic E-state index is 11.7. The molecule has 0 heterocycles. The van der Waals surface area contributed by atoms with E-state index >= 15 is 0 Å². The number of hydrogen-bond acceptors (Lipinski definition) is 3. The highest BCUT2D eigenvalue weighted by molar-refractivity contribution is 5.87. The Hall–Kier alpha value is -1.39. The van der Waals surface area contributed by atoms with Gasteiger partial charge in [0.2, 0.25) is 0 Å². The van der Waals surface area contributed by atoms with Crippen LogP contribution in [0.5, 0.6) is 0 Å². The first-order valence-electron chi connectivity index (χ1n) is 5.55. The van der Waals surface area contributed by atoms with Gasteiger partial charge in [-0.2, -0.15) is 0 Å². The molecule has 0 aromatic heterocycles. The molecule has 0 amide bonds. The Morgan fingerprint density at radius 3 is 2.33 bits per heavy atom. The minimum Gasteiger partial charge on any atom is -0.481 e. The monoisotopic (exact) mass is 271 g/mol. The van der Waals surface area contributed by atoms with Crippen LogP contribution in [0.4, 0.5) is 0 Å². The van der Waals surface area contributed by atoms with Crippen LogP contribution in [0.1, 0.15) is 18.9 Å². The summed E-state index contributed by atoms with van der Waals surface area (Å²) in [7, 11) is 0. The molecule has 0 saturated carbocycles. The number of benzene rings is 1. The summed E-state index contributed by atoms with van der Waals surface area (Å²) in [5.74, 6) is -1.85. The number of ketones is 1. The van der Waals surface area contributed by atoms with Gasteiger partial charge < -0.3 is 10.8 Å². The lowest BCUT2D eigenvalue weighted by molar-refractivity contribution is -0.143. The van der Waals surface area contributed by atoms with E-state index in [-0.39, 0.29) is 24.6 Å². The van der Waals surface area contributed by atoms with Crippen LogP contribution in [-0.4, -0.2) is 22.9 Å². The summed E-state index contributed by atoms with van der Waals surface area (Å²) in [6.45, 7) is 1.51. The number of halogens is 1. The maximum atomic E-state index is 11.7. The number of aliphatic carboxylic acids is 1. The van der Waals surface area contributed by atoms with Gasteiger partial charge in [0.15, 0.2) is 5.78 Å². The van der Waals surface area contributed by atoms with Crippen molar-refractivity contribution >= 4 is 24.2 Å². The molecule has 5 heteroatoms. The van der Waals surface area contributed by atoms with Crippen molar-refractivity contribution in [1.29, 1.82) is 0 Å². The summed E-state index contributed by atoms with van der Waals surface area (Å²) < 4.78 is 0. The lowest BCUT2D eigenvalue weighted by Crippen LogP contribution is -2.34. The predicted molar refractivity (Wildman–Crippen MR) is 71.8 cm³/mol. The smallest absolute Gasteiger partial charge is 0.306 e. The third kappa shape index (κ3) is 5.29. The lowest BCUT2D eigenvalue weighted by atomic mass is 9.96. The number of carbonyl (C=O) groups excluding carboxylic acids is 1. The van der Waals surface area contributed by atoms with Crippen LogP contribution in [0.3, 0.4) is 0 Å². The highest BCUT2D eigenvalue weighted by atomic mass is 35.5. The van der Waals surface area contributed by atoms with E-state index in [0.29, 0.717) is 6.42 Å². The molecule has 1 aromatic rings. The molecule has 0 aliphatic heterocycles. The van der Waals surface area contributed by atoms with Crippen LogP contribution >= 0.6 is 12.4 Å². The summed E-state index contributed by atoms with van der Waals surface area (Å²) in [6.07, 6.45) is 0.440. The minimum atomic E-state index is -0.967. The molecule has 0 aliphatic carbocycles. The summed E-state index contributed by atoms with van der Waals surface area (Å²) in [5, 5.41) is 8.71. The second-order valence-corrected chi connectivity index (χ2v) is 4.21. The van der Waals surface area contributed by atoms with Gasteiger partial charge in [0, 0.05) is 6.42 Å². The fourth-order valence-electron chi connectivity index (χ4n) is 1.52. The molecule has 0 bridgehead atoms. The van der Waals surface area contributed by atoms with Gasteiger partial charge in [-0.05, 0) is 12.0 Å². The molecular formula is C13H18ClNO3. The van der Waals surface area contributed by atoms with Crippen molar-refractivity contribution in [3.63, 3.8) is 0 Å². The van der Waals surface area contributed by atoms with Crippen LogP contribution in [0.25, 0.3) is 0 Å². The van der Waals surface area contributed by atoms with Gasteiger partial charge in [0.05, 0.1) is 12.0 Å². The van der Waals surface area contributed by atoms with Crippen LogP contribution in [0.2, 0.25) is 0 Å². The first-order chi connectivity index (χ1) is 8.00. The van der Waals surface area contributed by atoms with Crippen molar-refractivity contribution in [2.24, 2.45) is 11.7 Å². The molecule has 0 unspecified atom stereocenters. The Morgan fingerprint density at radius 2 is 1.83 bits per heavy atom. The average molecular weight is 272 g/mol. The summed E-state index contributed by atoms with van der Waals surface area (Å²) in [4.78, 5) is 22.3. The van der Waals surface area contributed by atoms with Gasteiger partial charge in [-0.3, -0.25) is 9.59 Å². The Balaban J connectivity index is 0.00000289. The van der Waals surface area contributed by atoms with E-state index in [0.717, 1.165) is 5.56 Å². The molecule has 1 rings (SSSR count). The summed E-state index contributed by atoms with van der Waals surface area (Å²) in [6, 6.07) is 8.82. The first-order valence-corrected chi connectivity index (χ1v) is 5.55. The normalized spacial score (nSPS) is 13.2. The number of Topliss-reactive ketones (excluding diaryl/α,β-unsaturated/α-hetero) is 1. The molecule has 18 heavy (non-hydrogen) atoms. The van der Waals surface area contributed by atoms with Gasteiger partial charge in [0.1, 0.15) is 0 Å². The standard InChI is InChI=1S/C13H17NO3.ClH/c1-9(13(16)17)7-12(15)11(14)8-10-5-3-2-4-6-10;/h2-6,9,11H,7-8,14H2,1H3,(H,16,17);1H/t9-,11+;/m1./s1. The van der Waals surface area contributed by atoms with E-state index in [1.54, 1.807) is 0 Å². The highest BCUT2D eigenvalue weighted by Gasteiger charge is 2.20. The number of rotatable bonds is 6. The zero-order valence-corrected chi connectivity index (χ0v) is 11.0. The molecular weight excluding hydrogens is 254 g/mol. The van der Waals surface area contributed by atoms with E-state index in [9.17, 15) is 9.59 Å². The summed E-state index contributed by atoms with van der Waals surface area (Å²) >= 11 is 0. The van der Waals surface area contributed by atoms with Crippen LogP contribution in [-0.2, 0) is 16.0 Å². The number of carboxylic acid groups (broad SMARTS) is 1.